The van der Waals surface area contributed by atoms with E-state index in [1.165, 1.54) is 0 Å². The minimum atomic E-state index is -0.239. The number of aryl methyl sites for hydroxylation is 1. The average Bonchev–Trinajstić information content (AvgIpc) is 3.17. The van der Waals surface area contributed by atoms with Crippen LogP contribution in [0.2, 0.25) is 0 Å². The summed E-state index contributed by atoms with van der Waals surface area (Å²) in [6, 6.07) is 9.01. The van der Waals surface area contributed by atoms with Crippen LogP contribution in [0.15, 0.2) is 36.5 Å². The molecule has 6 nitrogen and oxygen atoms in total. The topological polar surface area (TPSA) is 65.4 Å². The van der Waals surface area contributed by atoms with Crippen molar-refractivity contribution in [1.29, 1.82) is 0 Å². The van der Waals surface area contributed by atoms with Crippen molar-refractivity contribution < 1.29 is 14.3 Å². The maximum atomic E-state index is 12.1. The molecule has 1 unspecified atom stereocenters. The molecule has 6 heteroatoms. The minimum absolute atomic E-state index is 0.173. The Kier molecular flexibility index (Phi) is 4.39. The molecule has 1 saturated heterocycles. The summed E-state index contributed by atoms with van der Waals surface area (Å²) in [5.41, 5.74) is 1.06. The number of carbonyl (C=O) groups excluding carboxylic acids is 1. The van der Waals surface area contributed by atoms with Gasteiger partial charge in [0, 0.05) is 31.6 Å². The van der Waals surface area contributed by atoms with Crippen LogP contribution in [0.25, 0.3) is 0 Å². The van der Waals surface area contributed by atoms with E-state index in [-0.39, 0.29) is 12.0 Å². The zero-order valence-corrected chi connectivity index (χ0v) is 12.5. The number of hydrogen-bond donors (Lipinski definition) is 1. The molecule has 1 amide bonds. The lowest BCUT2D eigenvalue weighted by molar-refractivity contribution is 0.0680. The van der Waals surface area contributed by atoms with E-state index in [0.29, 0.717) is 23.7 Å². The number of rotatable bonds is 5. The third kappa shape index (κ3) is 3.65. The predicted octanol–water partition coefficient (Wildman–Crippen LogP) is 2.23. The average molecular weight is 301 g/mol. The largest absolute Gasteiger partial charge is 0.491 e. The zero-order chi connectivity index (χ0) is 15.4. The van der Waals surface area contributed by atoms with Gasteiger partial charge in [0.1, 0.15) is 12.4 Å². The van der Waals surface area contributed by atoms with E-state index in [9.17, 15) is 4.79 Å². The number of amides is 1. The van der Waals surface area contributed by atoms with Crippen LogP contribution in [-0.2, 0) is 11.8 Å². The number of carbonyl (C=O) groups is 1. The fourth-order valence-corrected chi connectivity index (χ4v) is 2.36. The molecule has 0 radical (unpaired) electrons. The molecule has 22 heavy (non-hydrogen) atoms. The highest BCUT2D eigenvalue weighted by Crippen LogP contribution is 2.20. The summed E-state index contributed by atoms with van der Waals surface area (Å²) in [6.07, 6.45) is 4.03. The molecule has 0 saturated carbocycles. The van der Waals surface area contributed by atoms with E-state index < -0.39 is 0 Å². The van der Waals surface area contributed by atoms with Crippen LogP contribution in [0.5, 0.6) is 5.75 Å². The summed E-state index contributed by atoms with van der Waals surface area (Å²) in [4.78, 5) is 12.1. The molecule has 0 aliphatic carbocycles. The summed E-state index contributed by atoms with van der Waals surface area (Å²) in [5.74, 6) is 0.478. The van der Waals surface area contributed by atoms with Gasteiger partial charge in [-0.25, -0.2) is 0 Å². The molecule has 1 aliphatic heterocycles. The number of hydrogen-bond acceptors (Lipinski definition) is 4. The molecule has 3 rings (SSSR count). The third-order valence-electron chi connectivity index (χ3n) is 3.50. The number of anilines is 1. The van der Waals surface area contributed by atoms with Gasteiger partial charge >= 0.3 is 0 Å². The Morgan fingerprint density at radius 2 is 2.41 bits per heavy atom. The monoisotopic (exact) mass is 301 g/mol. The maximum absolute atomic E-state index is 12.1. The Balaban J connectivity index is 1.59. The van der Waals surface area contributed by atoms with Crippen molar-refractivity contribution in [2.75, 3.05) is 18.5 Å². The van der Waals surface area contributed by atoms with Crippen molar-refractivity contribution in [3.63, 3.8) is 0 Å². The van der Waals surface area contributed by atoms with Gasteiger partial charge < -0.3 is 14.8 Å². The summed E-state index contributed by atoms with van der Waals surface area (Å²) in [6.45, 7) is 1.35. The summed E-state index contributed by atoms with van der Waals surface area (Å²) in [7, 11) is 1.77. The number of aromatic nitrogens is 2. The molecule has 1 N–H and O–H groups in total. The summed E-state index contributed by atoms with van der Waals surface area (Å²) >= 11 is 0. The Hall–Kier alpha value is -2.34. The highest BCUT2D eigenvalue weighted by molar-refractivity contribution is 6.02. The SMILES string of the molecule is Cn1ccc(C(=O)Nc2cccc(OCC3CCCO3)c2)n1. The van der Waals surface area contributed by atoms with Crippen molar-refractivity contribution in [2.24, 2.45) is 7.05 Å². The van der Waals surface area contributed by atoms with Crippen LogP contribution in [0, 0.1) is 0 Å². The Morgan fingerprint density at radius 1 is 1.50 bits per heavy atom. The fourth-order valence-electron chi connectivity index (χ4n) is 2.36. The molecule has 0 spiro atoms. The maximum Gasteiger partial charge on any atom is 0.276 e. The molecule has 1 aromatic heterocycles. The number of nitrogens with one attached hydrogen (secondary N) is 1. The second kappa shape index (κ2) is 6.62. The van der Waals surface area contributed by atoms with Gasteiger partial charge in [-0.1, -0.05) is 6.07 Å². The lowest BCUT2D eigenvalue weighted by Crippen LogP contribution is -2.16. The fraction of sp³-hybridized carbons (Fsp3) is 0.375. The summed E-state index contributed by atoms with van der Waals surface area (Å²) in [5, 5.41) is 6.89. The van der Waals surface area contributed by atoms with Crippen LogP contribution in [-0.4, -0.2) is 35.0 Å². The smallest absolute Gasteiger partial charge is 0.276 e. The normalized spacial score (nSPS) is 17.4. The highest BCUT2D eigenvalue weighted by Gasteiger charge is 2.16. The standard InChI is InChI=1S/C16H19N3O3/c1-19-8-7-15(18-19)16(20)17-12-4-2-5-13(10-12)22-11-14-6-3-9-21-14/h2,4-5,7-8,10,14H,3,6,9,11H2,1H3,(H,17,20). The van der Waals surface area contributed by atoms with Crippen molar-refractivity contribution >= 4 is 11.6 Å². The van der Waals surface area contributed by atoms with Crippen molar-refractivity contribution in [1.82, 2.24) is 9.78 Å². The molecule has 1 aliphatic rings. The number of nitrogens with zero attached hydrogens (tertiary/aromatic N) is 2. The van der Waals surface area contributed by atoms with E-state index in [1.54, 1.807) is 30.1 Å². The van der Waals surface area contributed by atoms with E-state index in [2.05, 4.69) is 10.4 Å². The van der Waals surface area contributed by atoms with Crippen LogP contribution in [0.4, 0.5) is 5.69 Å². The first kappa shape index (κ1) is 14.6. The molecular formula is C16H19N3O3. The van der Waals surface area contributed by atoms with Gasteiger partial charge in [0.25, 0.3) is 5.91 Å². The quantitative estimate of drug-likeness (QED) is 0.919. The van der Waals surface area contributed by atoms with Gasteiger partial charge in [-0.05, 0) is 31.0 Å². The molecular weight excluding hydrogens is 282 g/mol. The van der Waals surface area contributed by atoms with Gasteiger partial charge in [0.05, 0.1) is 6.10 Å². The van der Waals surface area contributed by atoms with Crippen molar-refractivity contribution in [3.8, 4) is 5.75 Å². The van der Waals surface area contributed by atoms with Gasteiger partial charge in [-0.2, -0.15) is 5.10 Å². The van der Waals surface area contributed by atoms with E-state index >= 15 is 0 Å². The van der Waals surface area contributed by atoms with Gasteiger partial charge in [0.2, 0.25) is 0 Å². The lowest BCUT2D eigenvalue weighted by Gasteiger charge is -2.12. The Bertz CT molecular complexity index is 648. The van der Waals surface area contributed by atoms with Gasteiger partial charge in [0.15, 0.2) is 5.69 Å². The lowest BCUT2D eigenvalue weighted by atomic mass is 10.2. The predicted molar refractivity (Wildman–Crippen MR) is 82.1 cm³/mol. The first-order valence-corrected chi connectivity index (χ1v) is 7.36. The molecule has 116 valence electrons. The van der Waals surface area contributed by atoms with Gasteiger partial charge in [-0.15, -0.1) is 0 Å². The number of benzene rings is 1. The zero-order valence-electron chi connectivity index (χ0n) is 12.5. The van der Waals surface area contributed by atoms with Crippen LogP contribution in [0.3, 0.4) is 0 Å². The van der Waals surface area contributed by atoms with Crippen molar-refractivity contribution in [2.45, 2.75) is 18.9 Å². The first-order valence-electron chi connectivity index (χ1n) is 7.36. The van der Waals surface area contributed by atoms with Gasteiger partial charge in [-0.3, -0.25) is 9.48 Å². The van der Waals surface area contributed by atoms with Crippen LogP contribution >= 0.6 is 0 Å². The minimum Gasteiger partial charge on any atom is -0.491 e. The second-order valence-electron chi connectivity index (χ2n) is 5.30. The Labute approximate surface area is 129 Å². The van der Waals surface area contributed by atoms with Crippen LogP contribution < -0.4 is 10.1 Å². The molecule has 2 aromatic rings. The van der Waals surface area contributed by atoms with E-state index in [0.717, 1.165) is 19.4 Å². The summed E-state index contributed by atoms with van der Waals surface area (Å²) < 4.78 is 12.8. The first-order chi connectivity index (χ1) is 10.7. The molecule has 1 fully saturated rings. The van der Waals surface area contributed by atoms with Crippen LogP contribution in [0.1, 0.15) is 23.3 Å². The van der Waals surface area contributed by atoms with E-state index in [1.807, 2.05) is 18.2 Å². The number of ether oxygens (including phenoxy) is 2. The highest BCUT2D eigenvalue weighted by atomic mass is 16.5. The molecule has 2 heterocycles. The third-order valence-corrected chi connectivity index (χ3v) is 3.50. The second-order valence-corrected chi connectivity index (χ2v) is 5.30. The molecule has 0 bridgehead atoms. The molecule has 1 aromatic carbocycles. The van der Waals surface area contributed by atoms with Crippen molar-refractivity contribution in [3.05, 3.63) is 42.2 Å². The Morgan fingerprint density at radius 3 is 3.14 bits per heavy atom. The van der Waals surface area contributed by atoms with E-state index in [4.69, 9.17) is 9.47 Å². The molecule has 1 atom stereocenters.